The Labute approximate surface area is 125 Å². The Hall–Kier alpha value is -1.04. The zero-order valence-corrected chi connectivity index (χ0v) is 13.2. The van der Waals surface area contributed by atoms with Crippen LogP contribution < -0.4 is 0 Å². The Morgan fingerprint density at radius 2 is 2.10 bits per heavy atom. The van der Waals surface area contributed by atoms with E-state index in [0.29, 0.717) is 0 Å². The Balaban J connectivity index is 2.01. The fourth-order valence-corrected chi connectivity index (χ4v) is 3.57. The van der Waals surface area contributed by atoms with Crippen LogP contribution in [0.4, 0.5) is 0 Å². The smallest absolute Gasteiger partial charge is 0.401 e. The summed E-state index contributed by atoms with van der Waals surface area (Å²) in [6, 6.07) is 2.15. The number of nitrogens with zero attached hydrogens (tertiary/aromatic N) is 1. The highest BCUT2D eigenvalue weighted by molar-refractivity contribution is 7.08. The van der Waals surface area contributed by atoms with Crippen molar-refractivity contribution in [3.05, 3.63) is 40.7 Å². The molecule has 0 saturated carbocycles. The first kappa shape index (κ1) is 13.9. The molecule has 0 aromatic carbocycles. The SMILES string of the molecule is CB1OC(C)(C)C(C)(N2C=CCC=C2c2ccsc2)O1. The molecular weight excluding hydrogens is 269 g/mol. The van der Waals surface area contributed by atoms with E-state index in [1.54, 1.807) is 11.3 Å². The molecule has 0 N–H and O–H groups in total. The largest absolute Gasteiger partial charge is 0.455 e. The second-order valence-electron chi connectivity index (χ2n) is 5.89. The lowest BCUT2D eigenvalue weighted by molar-refractivity contribution is -0.0837. The van der Waals surface area contributed by atoms with Gasteiger partial charge in [-0.25, -0.2) is 0 Å². The first-order valence-corrected chi connectivity index (χ1v) is 7.93. The van der Waals surface area contributed by atoms with Crippen LogP contribution in [0.1, 0.15) is 32.8 Å². The van der Waals surface area contributed by atoms with Gasteiger partial charge in [0.1, 0.15) is 0 Å². The van der Waals surface area contributed by atoms with Gasteiger partial charge in [-0.2, -0.15) is 11.3 Å². The fourth-order valence-electron chi connectivity index (χ4n) is 2.92. The summed E-state index contributed by atoms with van der Waals surface area (Å²) in [6.45, 7) is 8.23. The van der Waals surface area contributed by atoms with E-state index in [1.807, 2.05) is 6.82 Å². The van der Waals surface area contributed by atoms with Gasteiger partial charge in [-0.1, -0.05) is 12.2 Å². The summed E-state index contributed by atoms with van der Waals surface area (Å²) in [7, 11) is -0.200. The van der Waals surface area contributed by atoms with Gasteiger partial charge in [0.05, 0.1) is 5.60 Å². The molecule has 20 heavy (non-hydrogen) atoms. The fraction of sp³-hybridized carbons (Fsp3) is 0.467. The Morgan fingerprint density at radius 3 is 2.70 bits per heavy atom. The highest BCUT2D eigenvalue weighted by atomic mass is 32.1. The van der Waals surface area contributed by atoms with E-state index in [-0.39, 0.29) is 12.7 Å². The van der Waals surface area contributed by atoms with Crippen molar-refractivity contribution in [2.75, 3.05) is 0 Å². The van der Waals surface area contributed by atoms with E-state index in [2.05, 4.69) is 60.8 Å². The van der Waals surface area contributed by atoms with Gasteiger partial charge in [0.2, 0.25) is 0 Å². The average Bonchev–Trinajstić information content (AvgIpc) is 2.97. The number of hydrogen-bond acceptors (Lipinski definition) is 4. The molecule has 1 atom stereocenters. The lowest BCUT2D eigenvalue weighted by Gasteiger charge is -2.46. The summed E-state index contributed by atoms with van der Waals surface area (Å²) >= 11 is 1.71. The number of rotatable bonds is 2. The van der Waals surface area contributed by atoms with E-state index in [0.717, 1.165) is 6.42 Å². The van der Waals surface area contributed by atoms with Gasteiger partial charge in [0.15, 0.2) is 5.72 Å². The van der Waals surface area contributed by atoms with Crippen LogP contribution in [0, 0.1) is 0 Å². The summed E-state index contributed by atoms with van der Waals surface area (Å²) in [5.41, 5.74) is 1.53. The minimum absolute atomic E-state index is 0.200. The Kier molecular flexibility index (Phi) is 3.31. The van der Waals surface area contributed by atoms with E-state index < -0.39 is 5.72 Å². The van der Waals surface area contributed by atoms with Crippen LogP contribution in [0.5, 0.6) is 0 Å². The van der Waals surface area contributed by atoms with Crippen LogP contribution in [0.2, 0.25) is 6.82 Å². The highest BCUT2D eigenvalue weighted by Gasteiger charge is 2.56. The molecule has 1 aromatic heterocycles. The van der Waals surface area contributed by atoms with Gasteiger partial charge < -0.3 is 14.2 Å². The van der Waals surface area contributed by atoms with E-state index >= 15 is 0 Å². The second kappa shape index (κ2) is 4.76. The van der Waals surface area contributed by atoms with Crippen molar-refractivity contribution in [2.45, 2.75) is 45.3 Å². The van der Waals surface area contributed by atoms with Crippen molar-refractivity contribution in [2.24, 2.45) is 0 Å². The van der Waals surface area contributed by atoms with Crippen molar-refractivity contribution in [1.29, 1.82) is 0 Å². The monoisotopic (exact) mass is 289 g/mol. The van der Waals surface area contributed by atoms with Crippen LogP contribution >= 0.6 is 11.3 Å². The molecule has 0 radical (unpaired) electrons. The summed E-state index contributed by atoms with van der Waals surface area (Å²) < 4.78 is 12.1. The van der Waals surface area contributed by atoms with Crippen LogP contribution in [0.25, 0.3) is 5.70 Å². The molecule has 3 heterocycles. The zero-order valence-electron chi connectivity index (χ0n) is 12.4. The van der Waals surface area contributed by atoms with Crippen LogP contribution in [-0.2, 0) is 9.31 Å². The normalized spacial score (nSPS) is 28.9. The third kappa shape index (κ3) is 2.05. The molecule has 3 nitrogen and oxygen atoms in total. The third-order valence-corrected chi connectivity index (χ3v) is 4.89. The van der Waals surface area contributed by atoms with Crippen LogP contribution in [-0.4, -0.2) is 23.3 Å². The predicted octanol–water partition coefficient (Wildman–Crippen LogP) is 3.97. The molecule has 0 spiro atoms. The number of thiophene rings is 1. The molecule has 5 heteroatoms. The van der Waals surface area contributed by atoms with Gasteiger partial charge in [-0.15, -0.1) is 0 Å². The molecule has 1 unspecified atom stereocenters. The molecule has 1 fully saturated rings. The van der Waals surface area contributed by atoms with Gasteiger partial charge in [0, 0.05) is 22.8 Å². The molecule has 0 amide bonds. The van der Waals surface area contributed by atoms with Gasteiger partial charge in [-0.3, -0.25) is 0 Å². The molecule has 3 rings (SSSR count). The van der Waals surface area contributed by atoms with Crippen molar-refractivity contribution in [3.8, 4) is 0 Å². The van der Waals surface area contributed by atoms with E-state index in [4.69, 9.17) is 9.31 Å². The summed E-state index contributed by atoms with van der Waals surface area (Å²) in [6.07, 6.45) is 7.48. The second-order valence-corrected chi connectivity index (χ2v) is 6.67. The molecule has 0 bridgehead atoms. The predicted molar refractivity (Wildman–Crippen MR) is 84.2 cm³/mol. The Bertz CT molecular complexity index is 552. The van der Waals surface area contributed by atoms with Crippen LogP contribution in [0.3, 0.4) is 0 Å². The molecule has 0 aliphatic carbocycles. The van der Waals surface area contributed by atoms with Crippen molar-refractivity contribution in [3.63, 3.8) is 0 Å². The minimum Gasteiger partial charge on any atom is -0.401 e. The van der Waals surface area contributed by atoms with E-state index in [9.17, 15) is 0 Å². The lowest BCUT2D eigenvalue weighted by Crippen LogP contribution is -2.55. The summed E-state index contributed by atoms with van der Waals surface area (Å²) in [4.78, 5) is 2.21. The number of allylic oxidation sites excluding steroid dienone is 2. The van der Waals surface area contributed by atoms with Gasteiger partial charge in [-0.05, 0) is 45.5 Å². The maximum Gasteiger partial charge on any atom is 0.455 e. The molecule has 1 aromatic rings. The minimum atomic E-state index is -0.517. The lowest BCUT2D eigenvalue weighted by atomic mass is 9.92. The molecule has 106 valence electrons. The topological polar surface area (TPSA) is 21.7 Å². The number of hydrogen-bond donors (Lipinski definition) is 0. The molecule has 1 saturated heterocycles. The van der Waals surface area contributed by atoms with Crippen molar-refractivity contribution >= 4 is 24.2 Å². The summed E-state index contributed by atoms with van der Waals surface area (Å²) in [5, 5.41) is 4.28. The molecule has 2 aliphatic heterocycles. The first-order valence-electron chi connectivity index (χ1n) is 6.98. The third-order valence-electron chi connectivity index (χ3n) is 4.21. The molecular formula is C15H20BNO2S. The quantitative estimate of drug-likeness (QED) is 0.769. The highest BCUT2D eigenvalue weighted by Crippen LogP contribution is 2.44. The Morgan fingerprint density at radius 1 is 1.30 bits per heavy atom. The maximum atomic E-state index is 6.15. The zero-order chi connectivity index (χ0) is 14.4. The van der Waals surface area contributed by atoms with Crippen molar-refractivity contribution in [1.82, 2.24) is 4.90 Å². The summed E-state index contributed by atoms with van der Waals surface area (Å²) in [5.74, 6) is 0. The molecule has 2 aliphatic rings. The van der Waals surface area contributed by atoms with Gasteiger partial charge in [0.25, 0.3) is 0 Å². The average molecular weight is 289 g/mol. The first-order chi connectivity index (χ1) is 9.44. The standard InChI is InChI=1S/C15H20BNO2S/c1-14(2)15(3,19-16(4)18-14)17-9-6-5-7-13(17)12-8-10-20-11-12/h6-11H,5H2,1-4H3. The van der Waals surface area contributed by atoms with E-state index in [1.165, 1.54) is 11.3 Å². The maximum absolute atomic E-state index is 6.15. The van der Waals surface area contributed by atoms with Crippen molar-refractivity contribution < 1.29 is 9.31 Å². The van der Waals surface area contributed by atoms with Crippen LogP contribution in [0.15, 0.2) is 35.2 Å². The van der Waals surface area contributed by atoms with Gasteiger partial charge >= 0.3 is 7.12 Å².